The van der Waals surface area contributed by atoms with Crippen LogP contribution < -0.4 is 5.32 Å². The van der Waals surface area contributed by atoms with Crippen LogP contribution in [0.25, 0.3) is 0 Å². The van der Waals surface area contributed by atoms with Gasteiger partial charge < -0.3 is 5.32 Å². The van der Waals surface area contributed by atoms with Crippen LogP contribution in [0, 0.1) is 18.7 Å². The van der Waals surface area contributed by atoms with Crippen molar-refractivity contribution in [2.45, 2.75) is 39.0 Å². The fourth-order valence-corrected chi connectivity index (χ4v) is 2.41. The van der Waals surface area contributed by atoms with Gasteiger partial charge in [0.1, 0.15) is 5.82 Å². The lowest BCUT2D eigenvalue weighted by atomic mass is 9.89. The summed E-state index contributed by atoms with van der Waals surface area (Å²) >= 11 is 0. The van der Waals surface area contributed by atoms with Crippen LogP contribution in [-0.4, -0.2) is 6.54 Å². The van der Waals surface area contributed by atoms with Crippen LogP contribution in [0.5, 0.6) is 0 Å². The molecule has 1 nitrogen and oxygen atoms in total. The van der Waals surface area contributed by atoms with E-state index >= 15 is 0 Å². The average Bonchev–Trinajstić information content (AvgIpc) is 2.32. The third-order valence-electron chi connectivity index (χ3n) is 3.48. The first-order valence-electron chi connectivity index (χ1n) is 6.26. The molecule has 0 amide bonds. The second-order valence-corrected chi connectivity index (χ2v) is 4.85. The fraction of sp³-hybridized carbons (Fsp3) is 0.571. The number of hydrogen-bond acceptors (Lipinski definition) is 1. The summed E-state index contributed by atoms with van der Waals surface area (Å²) in [7, 11) is 0. The Morgan fingerprint density at radius 2 is 2.00 bits per heavy atom. The van der Waals surface area contributed by atoms with E-state index in [1.165, 1.54) is 32.1 Å². The van der Waals surface area contributed by atoms with Gasteiger partial charge in [0.15, 0.2) is 0 Å². The van der Waals surface area contributed by atoms with Gasteiger partial charge in [0, 0.05) is 12.2 Å². The quantitative estimate of drug-likeness (QED) is 0.809. The van der Waals surface area contributed by atoms with Gasteiger partial charge in [0.25, 0.3) is 0 Å². The molecule has 0 heterocycles. The van der Waals surface area contributed by atoms with Crippen molar-refractivity contribution in [2.75, 3.05) is 11.9 Å². The SMILES string of the molecule is Cc1cc(NCC2CCCCC2)ccc1F. The molecule has 16 heavy (non-hydrogen) atoms. The zero-order valence-corrected chi connectivity index (χ0v) is 9.93. The zero-order chi connectivity index (χ0) is 11.4. The van der Waals surface area contributed by atoms with E-state index in [2.05, 4.69) is 5.32 Å². The Hall–Kier alpha value is -1.05. The van der Waals surface area contributed by atoms with Gasteiger partial charge in [-0.1, -0.05) is 19.3 Å². The van der Waals surface area contributed by atoms with Crippen molar-refractivity contribution in [3.63, 3.8) is 0 Å². The Balaban J connectivity index is 1.86. The van der Waals surface area contributed by atoms with E-state index in [1.807, 2.05) is 12.1 Å². The molecule has 0 saturated heterocycles. The predicted molar refractivity (Wildman–Crippen MR) is 66.2 cm³/mol. The number of nitrogens with one attached hydrogen (secondary N) is 1. The highest BCUT2D eigenvalue weighted by molar-refractivity contribution is 5.45. The van der Waals surface area contributed by atoms with Crippen LogP contribution in [0.4, 0.5) is 10.1 Å². The minimum atomic E-state index is -0.122. The summed E-state index contributed by atoms with van der Waals surface area (Å²) < 4.78 is 13.1. The molecule has 88 valence electrons. The lowest BCUT2D eigenvalue weighted by molar-refractivity contribution is 0.373. The maximum Gasteiger partial charge on any atom is 0.126 e. The van der Waals surface area contributed by atoms with E-state index in [0.29, 0.717) is 5.56 Å². The largest absolute Gasteiger partial charge is 0.385 e. The molecule has 2 rings (SSSR count). The van der Waals surface area contributed by atoms with Crippen molar-refractivity contribution in [1.29, 1.82) is 0 Å². The van der Waals surface area contributed by atoms with Gasteiger partial charge in [0.05, 0.1) is 0 Å². The first-order valence-corrected chi connectivity index (χ1v) is 6.26. The number of rotatable bonds is 3. The standard InChI is InChI=1S/C14H20FN/c1-11-9-13(7-8-14(11)15)16-10-12-5-3-2-4-6-12/h7-9,12,16H,2-6,10H2,1H3. The first-order chi connectivity index (χ1) is 7.75. The molecule has 0 unspecified atom stereocenters. The summed E-state index contributed by atoms with van der Waals surface area (Å²) in [6.07, 6.45) is 6.82. The van der Waals surface area contributed by atoms with Crippen LogP contribution in [0.2, 0.25) is 0 Å². The molecule has 1 saturated carbocycles. The molecule has 1 aromatic carbocycles. The monoisotopic (exact) mass is 221 g/mol. The summed E-state index contributed by atoms with van der Waals surface area (Å²) in [5.74, 6) is 0.683. The summed E-state index contributed by atoms with van der Waals surface area (Å²) in [5.41, 5.74) is 1.76. The normalized spacial score (nSPS) is 17.4. The lowest BCUT2D eigenvalue weighted by Crippen LogP contribution is -2.17. The molecule has 0 atom stereocenters. The molecule has 1 aliphatic rings. The van der Waals surface area contributed by atoms with Crippen molar-refractivity contribution in [1.82, 2.24) is 0 Å². The maximum absolute atomic E-state index is 13.1. The van der Waals surface area contributed by atoms with Crippen molar-refractivity contribution >= 4 is 5.69 Å². The molecule has 0 aliphatic heterocycles. The molecule has 0 spiro atoms. The highest BCUT2D eigenvalue weighted by Crippen LogP contribution is 2.24. The second-order valence-electron chi connectivity index (χ2n) is 4.85. The van der Waals surface area contributed by atoms with Gasteiger partial charge in [-0.05, 0) is 49.4 Å². The minimum absolute atomic E-state index is 0.122. The van der Waals surface area contributed by atoms with Crippen molar-refractivity contribution in [3.05, 3.63) is 29.6 Å². The van der Waals surface area contributed by atoms with Gasteiger partial charge in [-0.2, -0.15) is 0 Å². The van der Waals surface area contributed by atoms with E-state index in [0.717, 1.165) is 18.2 Å². The molecule has 1 aromatic rings. The van der Waals surface area contributed by atoms with E-state index in [4.69, 9.17) is 0 Å². The summed E-state index contributed by atoms with van der Waals surface area (Å²) in [4.78, 5) is 0. The van der Waals surface area contributed by atoms with Crippen LogP contribution in [0.3, 0.4) is 0 Å². The van der Waals surface area contributed by atoms with Gasteiger partial charge in [0.2, 0.25) is 0 Å². The van der Waals surface area contributed by atoms with E-state index in [9.17, 15) is 4.39 Å². The minimum Gasteiger partial charge on any atom is -0.385 e. The third-order valence-corrected chi connectivity index (χ3v) is 3.48. The molecule has 1 N–H and O–H groups in total. The Morgan fingerprint density at radius 1 is 1.25 bits per heavy atom. The molecular weight excluding hydrogens is 201 g/mol. The highest BCUT2D eigenvalue weighted by atomic mass is 19.1. The van der Waals surface area contributed by atoms with E-state index < -0.39 is 0 Å². The van der Waals surface area contributed by atoms with Gasteiger partial charge in [-0.25, -0.2) is 4.39 Å². The Bertz CT molecular complexity index is 343. The van der Waals surface area contributed by atoms with E-state index in [-0.39, 0.29) is 5.82 Å². The maximum atomic E-state index is 13.1. The lowest BCUT2D eigenvalue weighted by Gasteiger charge is -2.22. The molecule has 1 fully saturated rings. The molecule has 0 aromatic heterocycles. The molecular formula is C14H20FN. The zero-order valence-electron chi connectivity index (χ0n) is 9.93. The molecule has 0 radical (unpaired) electrons. The number of halogens is 1. The number of aryl methyl sites for hydroxylation is 1. The van der Waals surface area contributed by atoms with Crippen molar-refractivity contribution < 1.29 is 4.39 Å². The molecule has 0 bridgehead atoms. The molecule has 2 heteroatoms. The van der Waals surface area contributed by atoms with Crippen LogP contribution in [0.1, 0.15) is 37.7 Å². The number of hydrogen-bond donors (Lipinski definition) is 1. The third kappa shape index (κ3) is 2.97. The number of anilines is 1. The van der Waals surface area contributed by atoms with Crippen LogP contribution >= 0.6 is 0 Å². The average molecular weight is 221 g/mol. The fourth-order valence-electron chi connectivity index (χ4n) is 2.41. The summed E-state index contributed by atoms with van der Waals surface area (Å²) in [6, 6.07) is 5.25. The summed E-state index contributed by atoms with van der Waals surface area (Å²) in [6.45, 7) is 2.84. The highest BCUT2D eigenvalue weighted by Gasteiger charge is 2.12. The Morgan fingerprint density at radius 3 is 2.69 bits per heavy atom. The van der Waals surface area contributed by atoms with E-state index in [1.54, 1.807) is 13.0 Å². The van der Waals surface area contributed by atoms with Crippen molar-refractivity contribution in [3.8, 4) is 0 Å². The van der Waals surface area contributed by atoms with Crippen LogP contribution in [0.15, 0.2) is 18.2 Å². The van der Waals surface area contributed by atoms with Crippen molar-refractivity contribution in [2.24, 2.45) is 5.92 Å². The van der Waals surface area contributed by atoms with Gasteiger partial charge >= 0.3 is 0 Å². The first kappa shape index (κ1) is 11.4. The second kappa shape index (κ2) is 5.33. The predicted octanol–water partition coefficient (Wildman–Crippen LogP) is 4.13. The summed E-state index contributed by atoms with van der Waals surface area (Å²) in [5, 5.41) is 3.42. The Kier molecular flexibility index (Phi) is 3.81. The Labute approximate surface area is 97.1 Å². The van der Waals surface area contributed by atoms with Crippen LogP contribution in [-0.2, 0) is 0 Å². The topological polar surface area (TPSA) is 12.0 Å². The molecule has 1 aliphatic carbocycles. The number of benzene rings is 1. The van der Waals surface area contributed by atoms with Gasteiger partial charge in [-0.15, -0.1) is 0 Å². The van der Waals surface area contributed by atoms with Gasteiger partial charge in [-0.3, -0.25) is 0 Å². The smallest absolute Gasteiger partial charge is 0.126 e.